The zero-order valence-electron chi connectivity index (χ0n) is 10.5. The summed E-state index contributed by atoms with van der Waals surface area (Å²) in [7, 11) is 0. The Kier molecular flexibility index (Phi) is 6.15. The van der Waals surface area contributed by atoms with Gasteiger partial charge >= 0.3 is 12.6 Å². The lowest BCUT2D eigenvalue weighted by atomic mass is 10.2. The molecule has 7 heteroatoms. The van der Waals surface area contributed by atoms with Crippen molar-refractivity contribution >= 4 is 11.9 Å². The summed E-state index contributed by atoms with van der Waals surface area (Å²) in [5, 5.41) is 2.40. The van der Waals surface area contributed by atoms with E-state index in [1.165, 1.54) is 30.3 Å². The molecule has 0 spiro atoms. The molecule has 0 aromatic heterocycles. The monoisotopic (exact) mass is 285 g/mol. The molecule has 108 valence electrons. The van der Waals surface area contributed by atoms with E-state index in [0.29, 0.717) is 0 Å². The average Bonchev–Trinajstić information content (AvgIpc) is 2.42. The minimum absolute atomic E-state index is 0.177. The number of para-hydroxylation sites is 1. The Labute approximate surface area is 114 Å². The largest absolute Gasteiger partial charge is 0.452 e. The summed E-state index contributed by atoms with van der Waals surface area (Å²) in [5.41, 5.74) is -0.177. The smallest absolute Gasteiger partial charge is 0.387 e. The van der Waals surface area contributed by atoms with Crippen LogP contribution in [0.5, 0.6) is 5.75 Å². The van der Waals surface area contributed by atoms with Gasteiger partial charge in [0.15, 0.2) is 6.61 Å². The average molecular weight is 285 g/mol. The molecular formula is C13H13F2NO4. The first kappa shape index (κ1) is 15.6. The molecule has 20 heavy (non-hydrogen) atoms. The van der Waals surface area contributed by atoms with Gasteiger partial charge in [-0.3, -0.25) is 4.79 Å². The molecule has 1 amide bonds. The molecule has 0 bridgehead atoms. The molecule has 0 atom stereocenters. The number of rotatable bonds is 7. The lowest BCUT2D eigenvalue weighted by Gasteiger charge is -2.10. The molecule has 1 N–H and O–H groups in total. The van der Waals surface area contributed by atoms with Crippen LogP contribution in [0.25, 0.3) is 0 Å². The van der Waals surface area contributed by atoms with Crippen LogP contribution < -0.4 is 10.1 Å². The molecule has 5 nitrogen and oxygen atoms in total. The van der Waals surface area contributed by atoms with Crippen molar-refractivity contribution in [2.45, 2.75) is 6.61 Å². The van der Waals surface area contributed by atoms with Crippen molar-refractivity contribution in [1.29, 1.82) is 0 Å². The molecule has 0 aliphatic heterocycles. The first-order chi connectivity index (χ1) is 9.54. The van der Waals surface area contributed by atoms with Crippen molar-refractivity contribution in [3.8, 4) is 5.75 Å². The third kappa shape index (κ3) is 5.05. The number of hydrogen-bond donors (Lipinski definition) is 1. The normalized spacial score (nSPS) is 9.95. The topological polar surface area (TPSA) is 64.6 Å². The zero-order valence-corrected chi connectivity index (χ0v) is 10.5. The molecule has 0 unspecified atom stereocenters. The first-order valence-electron chi connectivity index (χ1n) is 5.63. The lowest BCUT2D eigenvalue weighted by Crippen LogP contribution is -2.28. The van der Waals surface area contributed by atoms with E-state index in [-0.39, 0.29) is 17.9 Å². The van der Waals surface area contributed by atoms with Crippen LogP contribution in [0, 0.1) is 0 Å². The standard InChI is InChI=1S/C13H13F2NO4/c1-2-7-16-11(17)8-19-12(18)9-5-3-4-6-10(9)20-13(14)15/h2-6,13H,1,7-8H2,(H,16,17). The minimum Gasteiger partial charge on any atom is -0.452 e. The van der Waals surface area contributed by atoms with Crippen LogP contribution in [0.2, 0.25) is 0 Å². The summed E-state index contributed by atoms with van der Waals surface area (Å²) in [5.74, 6) is -1.75. The van der Waals surface area contributed by atoms with Crippen LogP contribution in [-0.2, 0) is 9.53 Å². The number of amides is 1. The zero-order chi connectivity index (χ0) is 15.0. The Bertz CT molecular complexity index is 491. The van der Waals surface area contributed by atoms with Crippen molar-refractivity contribution in [1.82, 2.24) is 5.32 Å². The maximum atomic E-state index is 12.2. The van der Waals surface area contributed by atoms with Gasteiger partial charge in [0.05, 0.1) is 0 Å². The van der Waals surface area contributed by atoms with E-state index in [2.05, 4.69) is 16.6 Å². The quantitative estimate of drug-likeness (QED) is 0.612. The summed E-state index contributed by atoms with van der Waals surface area (Å²) in [4.78, 5) is 22.9. The number of halogens is 2. The first-order valence-corrected chi connectivity index (χ1v) is 5.63. The van der Waals surface area contributed by atoms with Crippen molar-refractivity contribution in [3.63, 3.8) is 0 Å². The molecular weight excluding hydrogens is 272 g/mol. The van der Waals surface area contributed by atoms with E-state index in [9.17, 15) is 18.4 Å². The number of carbonyl (C=O) groups excluding carboxylic acids is 2. The molecule has 0 heterocycles. The van der Waals surface area contributed by atoms with E-state index in [4.69, 9.17) is 4.74 Å². The highest BCUT2D eigenvalue weighted by Crippen LogP contribution is 2.20. The van der Waals surface area contributed by atoms with Gasteiger partial charge in [-0.25, -0.2) is 4.79 Å². The number of benzene rings is 1. The summed E-state index contributed by atoms with van der Waals surface area (Å²) in [6.07, 6.45) is 1.46. The molecule has 0 saturated heterocycles. The Balaban J connectivity index is 2.63. The predicted molar refractivity (Wildman–Crippen MR) is 66.6 cm³/mol. The van der Waals surface area contributed by atoms with Crippen LogP contribution in [-0.4, -0.2) is 31.6 Å². The summed E-state index contributed by atoms with van der Waals surface area (Å²) in [6, 6.07) is 5.38. The number of alkyl halides is 2. The van der Waals surface area contributed by atoms with E-state index in [1.54, 1.807) is 0 Å². The van der Waals surface area contributed by atoms with E-state index in [0.717, 1.165) is 0 Å². The van der Waals surface area contributed by atoms with Crippen molar-refractivity contribution in [2.24, 2.45) is 0 Å². The van der Waals surface area contributed by atoms with Crippen LogP contribution in [0.1, 0.15) is 10.4 Å². The number of hydrogen-bond acceptors (Lipinski definition) is 4. The van der Waals surface area contributed by atoms with Crippen LogP contribution in [0.4, 0.5) is 8.78 Å². The Morgan fingerprint density at radius 3 is 2.70 bits per heavy atom. The molecule has 1 aromatic rings. The fraction of sp³-hybridized carbons (Fsp3) is 0.231. The fourth-order valence-corrected chi connectivity index (χ4v) is 1.28. The van der Waals surface area contributed by atoms with Gasteiger partial charge in [0, 0.05) is 6.54 Å². The van der Waals surface area contributed by atoms with E-state index >= 15 is 0 Å². The molecule has 0 aliphatic carbocycles. The second-order valence-electron chi connectivity index (χ2n) is 3.54. The fourth-order valence-electron chi connectivity index (χ4n) is 1.28. The Morgan fingerprint density at radius 2 is 2.05 bits per heavy atom. The van der Waals surface area contributed by atoms with Gasteiger partial charge in [-0.15, -0.1) is 6.58 Å². The van der Waals surface area contributed by atoms with Gasteiger partial charge in [0.2, 0.25) is 0 Å². The second kappa shape index (κ2) is 7.88. The van der Waals surface area contributed by atoms with E-state index < -0.39 is 25.1 Å². The molecule has 0 radical (unpaired) electrons. The highest BCUT2D eigenvalue weighted by Gasteiger charge is 2.17. The minimum atomic E-state index is -3.06. The second-order valence-corrected chi connectivity index (χ2v) is 3.54. The molecule has 0 aliphatic rings. The predicted octanol–water partition coefficient (Wildman–Crippen LogP) is 1.75. The highest BCUT2D eigenvalue weighted by atomic mass is 19.3. The van der Waals surface area contributed by atoms with Crippen molar-refractivity contribution in [2.75, 3.05) is 13.2 Å². The van der Waals surface area contributed by atoms with Crippen LogP contribution >= 0.6 is 0 Å². The number of carbonyl (C=O) groups is 2. The van der Waals surface area contributed by atoms with Gasteiger partial charge in [-0.05, 0) is 12.1 Å². The third-order valence-electron chi connectivity index (χ3n) is 2.10. The number of esters is 1. The summed E-state index contributed by atoms with van der Waals surface area (Å²) >= 11 is 0. The summed E-state index contributed by atoms with van der Waals surface area (Å²) < 4.78 is 33.2. The molecule has 1 rings (SSSR count). The Morgan fingerprint density at radius 1 is 1.35 bits per heavy atom. The highest BCUT2D eigenvalue weighted by molar-refractivity contribution is 5.93. The van der Waals surface area contributed by atoms with E-state index in [1.807, 2.05) is 0 Å². The number of ether oxygens (including phenoxy) is 2. The number of nitrogens with one attached hydrogen (secondary N) is 1. The van der Waals surface area contributed by atoms with Gasteiger partial charge < -0.3 is 14.8 Å². The van der Waals surface area contributed by atoms with Gasteiger partial charge in [0.25, 0.3) is 5.91 Å². The van der Waals surface area contributed by atoms with Crippen LogP contribution in [0.15, 0.2) is 36.9 Å². The van der Waals surface area contributed by atoms with Crippen molar-refractivity contribution < 1.29 is 27.8 Å². The van der Waals surface area contributed by atoms with Gasteiger partial charge in [0.1, 0.15) is 11.3 Å². The molecule has 0 fully saturated rings. The van der Waals surface area contributed by atoms with Gasteiger partial charge in [-0.2, -0.15) is 8.78 Å². The van der Waals surface area contributed by atoms with Crippen molar-refractivity contribution in [3.05, 3.63) is 42.5 Å². The summed E-state index contributed by atoms with van der Waals surface area (Å²) in [6.45, 7) is 0.0683. The molecule has 1 aromatic carbocycles. The third-order valence-corrected chi connectivity index (χ3v) is 2.10. The lowest BCUT2D eigenvalue weighted by molar-refractivity contribution is -0.124. The maximum absolute atomic E-state index is 12.2. The maximum Gasteiger partial charge on any atom is 0.387 e. The SMILES string of the molecule is C=CCNC(=O)COC(=O)c1ccccc1OC(F)F. The van der Waals surface area contributed by atoms with Gasteiger partial charge in [-0.1, -0.05) is 18.2 Å². The molecule has 0 saturated carbocycles. The van der Waals surface area contributed by atoms with Crippen LogP contribution in [0.3, 0.4) is 0 Å². The Hall–Kier alpha value is -2.44.